The van der Waals surface area contributed by atoms with Crippen LogP contribution in [0.3, 0.4) is 0 Å². The standard InChI is InChI=1S/C16H25NO3/c1-16(2)8-5-9-17(16)11-14(18)13-10-12(19-3)6-7-15(13)20-4/h6-7,10,14,18H,5,8-9,11H2,1-4H3. The maximum Gasteiger partial charge on any atom is 0.124 e. The molecule has 1 N–H and O–H groups in total. The van der Waals surface area contributed by atoms with E-state index in [0.717, 1.165) is 17.9 Å². The van der Waals surface area contributed by atoms with Crippen molar-refractivity contribution in [2.24, 2.45) is 0 Å². The van der Waals surface area contributed by atoms with Gasteiger partial charge in [0, 0.05) is 17.6 Å². The van der Waals surface area contributed by atoms with E-state index in [9.17, 15) is 5.11 Å². The van der Waals surface area contributed by atoms with Gasteiger partial charge < -0.3 is 14.6 Å². The molecule has 1 saturated heterocycles. The lowest BCUT2D eigenvalue weighted by Gasteiger charge is -2.33. The average Bonchev–Trinajstić information content (AvgIpc) is 2.77. The Balaban J connectivity index is 2.17. The number of aliphatic hydroxyl groups excluding tert-OH is 1. The van der Waals surface area contributed by atoms with Gasteiger partial charge in [0.05, 0.1) is 20.3 Å². The molecule has 0 bridgehead atoms. The van der Waals surface area contributed by atoms with Crippen LogP contribution in [0.4, 0.5) is 0 Å². The highest BCUT2D eigenvalue weighted by atomic mass is 16.5. The average molecular weight is 279 g/mol. The summed E-state index contributed by atoms with van der Waals surface area (Å²) in [6, 6.07) is 5.54. The van der Waals surface area contributed by atoms with Gasteiger partial charge in [0.2, 0.25) is 0 Å². The topological polar surface area (TPSA) is 41.9 Å². The van der Waals surface area contributed by atoms with Crippen LogP contribution in [0.1, 0.15) is 38.4 Å². The van der Waals surface area contributed by atoms with Crippen LogP contribution in [-0.4, -0.2) is 42.9 Å². The summed E-state index contributed by atoms with van der Waals surface area (Å²) in [6.07, 6.45) is 1.79. The fourth-order valence-corrected chi connectivity index (χ4v) is 2.91. The Kier molecular flexibility index (Phi) is 4.55. The molecule has 112 valence electrons. The number of benzene rings is 1. The molecular weight excluding hydrogens is 254 g/mol. The zero-order valence-electron chi connectivity index (χ0n) is 12.8. The van der Waals surface area contributed by atoms with Crippen LogP contribution in [0.25, 0.3) is 0 Å². The van der Waals surface area contributed by atoms with Crippen LogP contribution in [0.15, 0.2) is 18.2 Å². The lowest BCUT2D eigenvalue weighted by atomic mass is 10.0. The molecular formula is C16H25NO3. The molecule has 4 nitrogen and oxygen atoms in total. The molecule has 1 atom stereocenters. The largest absolute Gasteiger partial charge is 0.497 e. The third-order valence-corrected chi connectivity index (χ3v) is 4.26. The summed E-state index contributed by atoms with van der Waals surface area (Å²) in [5, 5.41) is 10.6. The SMILES string of the molecule is COc1ccc(OC)c(C(O)CN2CCCC2(C)C)c1. The number of hydrogen-bond donors (Lipinski definition) is 1. The van der Waals surface area contributed by atoms with E-state index in [-0.39, 0.29) is 5.54 Å². The van der Waals surface area contributed by atoms with Crippen molar-refractivity contribution in [2.45, 2.75) is 38.3 Å². The zero-order chi connectivity index (χ0) is 14.8. The Morgan fingerprint density at radius 2 is 2.05 bits per heavy atom. The Hall–Kier alpha value is -1.26. The van der Waals surface area contributed by atoms with Gasteiger partial charge in [-0.1, -0.05) is 0 Å². The summed E-state index contributed by atoms with van der Waals surface area (Å²) in [5.41, 5.74) is 0.946. The van der Waals surface area contributed by atoms with Crippen molar-refractivity contribution >= 4 is 0 Å². The van der Waals surface area contributed by atoms with Gasteiger partial charge in [0.1, 0.15) is 11.5 Å². The van der Waals surface area contributed by atoms with Gasteiger partial charge >= 0.3 is 0 Å². The van der Waals surface area contributed by atoms with Crippen molar-refractivity contribution in [3.63, 3.8) is 0 Å². The summed E-state index contributed by atoms with van der Waals surface area (Å²) in [7, 11) is 3.25. The second kappa shape index (κ2) is 6.02. The van der Waals surface area contributed by atoms with Gasteiger partial charge in [-0.3, -0.25) is 4.90 Å². The molecule has 0 amide bonds. The number of methoxy groups -OCH3 is 2. The smallest absolute Gasteiger partial charge is 0.124 e. The molecule has 1 aromatic rings. The number of β-amino-alcohol motifs (C(OH)–C–C–N with tert-alkyl or cyclic N) is 1. The summed E-state index contributed by atoms with van der Waals surface area (Å²) in [5.74, 6) is 1.44. The zero-order valence-corrected chi connectivity index (χ0v) is 12.8. The molecule has 4 heteroatoms. The third-order valence-electron chi connectivity index (χ3n) is 4.26. The first-order valence-corrected chi connectivity index (χ1v) is 7.13. The van der Waals surface area contributed by atoms with E-state index in [1.54, 1.807) is 14.2 Å². The Labute approximate surface area is 121 Å². The second-order valence-corrected chi connectivity index (χ2v) is 5.99. The van der Waals surface area contributed by atoms with Crippen LogP contribution in [0.2, 0.25) is 0 Å². The van der Waals surface area contributed by atoms with E-state index in [1.165, 1.54) is 12.8 Å². The summed E-state index contributed by atoms with van der Waals surface area (Å²) < 4.78 is 10.6. The van der Waals surface area contributed by atoms with Gasteiger partial charge in [-0.2, -0.15) is 0 Å². The van der Waals surface area contributed by atoms with Crippen molar-refractivity contribution in [1.82, 2.24) is 4.90 Å². The van der Waals surface area contributed by atoms with E-state index < -0.39 is 6.10 Å². The minimum absolute atomic E-state index is 0.160. The van der Waals surface area contributed by atoms with Crippen molar-refractivity contribution in [2.75, 3.05) is 27.3 Å². The molecule has 1 heterocycles. The molecule has 1 unspecified atom stereocenters. The molecule has 0 aromatic heterocycles. The number of ether oxygens (including phenoxy) is 2. The molecule has 0 aliphatic carbocycles. The fourth-order valence-electron chi connectivity index (χ4n) is 2.91. The van der Waals surface area contributed by atoms with Gasteiger partial charge in [-0.25, -0.2) is 0 Å². The molecule has 0 saturated carbocycles. The van der Waals surface area contributed by atoms with E-state index >= 15 is 0 Å². The molecule has 0 radical (unpaired) electrons. The predicted molar refractivity (Wildman–Crippen MR) is 79.4 cm³/mol. The van der Waals surface area contributed by atoms with Crippen LogP contribution in [0, 0.1) is 0 Å². The lowest BCUT2D eigenvalue weighted by Crippen LogP contribution is -2.40. The predicted octanol–water partition coefficient (Wildman–Crippen LogP) is 2.61. The normalized spacial score (nSPS) is 19.9. The van der Waals surface area contributed by atoms with Crippen LogP contribution < -0.4 is 9.47 Å². The second-order valence-electron chi connectivity index (χ2n) is 5.99. The third kappa shape index (κ3) is 3.07. The molecule has 1 aliphatic heterocycles. The van der Waals surface area contributed by atoms with Crippen LogP contribution in [0.5, 0.6) is 11.5 Å². The number of aliphatic hydroxyl groups is 1. The molecule has 1 fully saturated rings. The minimum Gasteiger partial charge on any atom is -0.497 e. The van der Waals surface area contributed by atoms with Gasteiger partial charge in [0.25, 0.3) is 0 Å². The van der Waals surface area contributed by atoms with Gasteiger partial charge in [0.15, 0.2) is 0 Å². The van der Waals surface area contributed by atoms with Crippen molar-refractivity contribution in [3.05, 3.63) is 23.8 Å². The van der Waals surface area contributed by atoms with E-state index in [2.05, 4.69) is 18.7 Å². The van der Waals surface area contributed by atoms with E-state index in [1.807, 2.05) is 18.2 Å². The molecule has 20 heavy (non-hydrogen) atoms. The first-order valence-electron chi connectivity index (χ1n) is 7.13. The van der Waals surface area contributed by atoms with E-state index in [4.69, 9.17) is 9.47 Å². The molecule has 1 aromatic carbocycles. The van der Waals surface area contributed by atoms with Crippen LogP contribution >= 0.6 is 0 Å². The van der Waals surface area contributed by atoms with Crippen molar-refractivity contribution in [1.29, 1.82) is 0 Å². The maximum absolute atomic E-state index is 10.6. The highest BCUT2D eigenvalue weighted by Gasteiger charge is 2.33. The monoisotopic (exact) mass is 279 g/mol. The molecule has 2 rings (SSSR count). The maximum atomic E-state index is 10.6. The Morgan fingerprint density at radius 3 is 2.60 bits per heavy atom. The van der Waals surface area contributed by atoms with Crippen molar-refractivity contribution < 1.29 is 14.6 Å². The molecule has 1 aliphatic rings. The fraction of sp³-hybridized carbons (Fsp3) is 0.625. The molecule has 0 spiro atoms. The van der Waals surface area contributed by atoms with Crippen LogP contribution in [-0.2, 0) is 0 Å². The summed E-state index contributed by atoms with van der Waals surface area (Å²) in [4.78, 5) is 2.34. The van der Waals surface area contributed by atoms with Crippen molar-refractivity contribution in [3.8, 4) is 11.5 Å². The highest BCUT2D eigenvalue weighted by molar-refractivity contribution is 5.41. The first kappa shape index (κ1) is 15.1. The van der Waals surface area contributed by atoms with E-state index in [0.29, 0.717) is 12.3 Å². The summed E-state index contributed by atoms with van der Waals surface area (Å²) >= 11 is 0. The number of rotatable bonds is 5. The highest BCUT2D eigenvalue weighted by Crippen LogP contribution is 2.34. The number of hydrogen-bond acceptors (Lipinski definition) is 4. The number of nitrogens with zero attached hydrogens (tertiary/aromatic N) is 1. The Bertz CT molecular complexity index is 459. The number of likely N-dealkylation sites (tertiary alicyclic amines) is 1. The summed E-state index contributed by atoms with van der Waals surface area (Å²) in [6.45, 7) is 6.12. The Morgan fingerprint density at radius 1 is 1.30 bits per heavy atom. The van der Waals surface area contributed by atoms with Gasteiger partial charge in [-0.15, -0.1) is 0 Å². The van der Waals surface area contributed by atoms with Gasteiger partial charge in [-0.05, 0) is 51.4 Å². The quantitative estimate of drug-likeness (QED) is 0.899. The first-order chi connectivity index (χ1) is 9.47. The lowest BCUT2D eigenvalue weighted by molar-refractivity contribution is 0.0762. The minimum atomic E-state index is -0.572.